The zero-order valence-corrected chi connectivity index (χ0v) is 10.1. The first-order chi connectivity index (χ1) is 7.05. The van der Waals surface area contributed by atoms with Crippen molar-refractivity contribution >= 4 is 22.6 Å². The summed E-state index contributed by atoms with van der Waals surface area (Å²) >= 11 is 1.35. The molecule has 1 saturated carbocycles. The molecular weight excluding hydrogens is 208 g/mol. The van der Waals surface area contributed by atoms with E-state index in [9.17, 15) is 0 Å². The van der Waals surface area contributed by atoms with Crippen LogP contribution in [0.2, 0.25) is 0 Å². The summed E-state index contributed by atoms with van der Waals surface area (Å²) in [5, 5.41) is 4.28. The molecular formula is C10H18N4S. The Hall–Kier alpha value is -0.840. The van der Waals surface area contributed by atoms with Crippen molar-refractivity contribution in [1.29, 1.82) is 0 Å². The van der Waals surface area contributed by atoms with Crippen LogP contribution in [0.1, 0.15) is 39.5 Å². The Kier molecular flexibility index (Phi) is 2.82. The van der Waals surface area contributed by atoms with E-state index in [-0.39, 0.29) is 0 Å². The number of nitrogen functional groups attached to an aromatic ring is 1. The van der Waals surface area contributed by atoms with Gasteiger partial charge in [0.2, 0.25) is 11.1 Å². The molecule has 84 valence electrons. The molecule has 0 bridgehead atoms. The van der Waals surface area contributed by atoms with Crippen LogP contribution in [0, 0.1) is 5.41 Å². The van der Waals surface area contributed by atoms with Crippen molar-refractivity contribution < 1.29 is 0 Å². The van der Waals surface area contributed by atoms with Crippen LogP contribution in [0.25, 0.3) is 0 Å². The van der Waals surface area contributed by atoms with Gasteiger partial charge < -0.3 is 11.1 Å². The summed E-state index contributed by atoms with van der Waals surface area (Å²) in [6.07, 6.45) is 5.04. The highest BCUT2D eigenvalue weighted by atomic mass is 32.1. The zero-order chi connectivity index (χ0) is 10.9. The van der Waals surface area contributed by atoms with Crippen molar-refractivity contribution in [2.45, 2.75) is 45.6 Å². The zero-order valence-electron chi connectivity index (χ0n) is 9.29. The molecule has 1 aromatic rings. The Balaban J connectivity index is 1.95. The molecule has 0 saturated heterocycles. The largest absolute Gasteiger partial charge is 0.367 e. The normalized spacial score (nSPS) is 25.1. The second-order valence-electron chi connectivity index (χ2n) is 5.06. The fourth-order valence-corrected chi connectivity index (χ4v) is 2.86. The Morgan fingerprint density at radius 1 is 1.53 bits per heavy atom. The standard InChI is InChI=1S/C10H18N4S/c1-10(2)5-3-4-7(6-10)12-9-13-8(11)14-15-9/h7H,3-6H2,1-2H3,(H3,11,12,13,14). The number of nitrogens with two attached hydrogens (primary N) is 1. The highest BCUT2D eigenvalue weighted by molar-refractivity contribution is 7.09. The molecule has 1 heterocycles. The van der Waals surface area contributed by atoms with Crippen LogP contribution in [0.3, 0.4) is 0 Å². The first-order valence-corrected chi connectivity index (χ1v) is 6.18. The Morgan fingerprint density at radius 2 is 2.33 bits per heavy atom. The molecule has 1 unspecified atom stereocenters. The maximum atomic E-state index is 5.49. The van der Waals surface area contributed by atoms with E-state index in [1.807, 2.05) is 0 Å². The fraction of sp³-hybridized carbons (Fsp3) is 0.800. The maximum absolute atomic E-state index is 5.49. The summed E-state index contributed by atoms with van der Waals surface area (Å²) < 4.78 is 3.96. The fourth-order valence-electron chi connectivity index (χ4n) is 2.29. The summed E-state index contributed by atoms with van der Waals surface area (Å²) in [6, 6.07) is 0.529. The van der Waals surface area contributed by atoms with E-state index in [1.165, 1.54) is 37.2 Å². The van der Waals surface area contributed by atoms with Gasteiger partial charge in [-0.1, -0.05) is 20.3 Å². The van der Waals surface area contributed by atoms with Crippen molar-refractivity contribution in [2.24, 2.45) is 5.41 Å². The number of rotatable bonds is 2. The molecule has 0 spiro atoms. The number of hydrogen-bond donors (Lipinski definition) is 2. The Labute approximate surface area is 94.5 Å². The lowest BCUT2D eigenvalue weighted by Crippen LogP contribution is -2.31. The number of nitrogens with zero attached hydrogens (tertiary/aromatic N) is 2. The van der Waals surface area contributed by atoms with Gasteiger partial charge in [0.15, 0.2) is 0 Å². The van der Waals surface area contributed by atoms with E-state index in [0.717, 1.165) is 5.13 Å². The van der Waals surface area contributed by atoms with E-state index in [0.29, 0.717) is 17.4 Å². The van der Waals surface area contributed by atoms with Gasteiger partial charge in [-0.3, -0.25) is 0 Å². The van der Waals surface area contributed by atoms with Crippen molar-refractivity contribution in [3.05, 3.63) is 0 Å². The molecule has 2 rings (SSSR count). The minimum absolute atomic E-state index is 0.373. The number of nitrogens with one attached hydrogen (secondary N) is 1. The summed E-state index contributed by atoms with van der Waals surface area (Å²) in [5.41, 5.74) is 5.94. The second kappa shape index (κ2) is 3.96. The highest BCUT2D eigenvalue weighted by Crippen LogP contribution is 2.36. The smallest absolute Gasteiger partial charge is 0.233 e. The highest BCUT2D eigenvalue weighted by Gasteiger charge is 2.28. The summed E-state index contributed by atoms with van der Waals surface area (Å²) in [6.45, 7) is 4.66. The minimum atomic E-state index is 0.373. The maximum Gasteiger partial charge on any atom is 0.233 e. The topological polar surface area (TPSA) is 63.8 Å². The summed E-state index contributed by atoms with van der Waals surface area (Å²) in [4.78, 5) is 4.13. The quantitative estimate of drug-likeness (QED) is 0.813. The van der Waals surface area contributed by atoms with Gasteiger partial charge in [0.05, 0.1) is 0 Å². The van der Waals surface area contributed by atoms with Crippen LogP contribution < -0.4 is 11.1 Å². The molecule has 1 aliphatic carbocycles. The van der Waals surface area contributed by atoms with E-state index in [2.05, 4.69) is 28.5 Å². The monoisotopic (exact) mass is 226 g/mol. The van der Waals surface area contributed by atoms with Crippen molar-refractivity contribution in [3.8, 4) is 0 Å². The van der Waals surface area contributed by atoms with Crippen LogP contribution in [-0.4, -0.2) is 15.4 Å². The van der Waals surface area contributed by atoms with Gasteiger partial charge in [-0.2, -0.15) is 9.36 Å². The van der Waals surface area contributed by atoms with Gasteiger partial charge in [-0.25, -0.2) is 0 Å². The third-order valence-corrected chi connectivity index (χ3v) is 3.63. The van der Waals surface area contributed by atoms with Gasteiger partial charge >= 0.3 is 0 Å². The van der Waals surface area contributed by atoms with Crippen LogP contribution in [0.15, 0.2) is 0 Å². The first kappa shape index (κ1) is 10.7. The SMILES string of the molecule is CC1(C)CCCC(Nc2nc(N)ns2)C1. The average molecular weight is 226 g/mol. The van der Waals surface area contributed by atoms with Crippen LogP contribution in [0.4, 0.5) is 11.1 Å². The molecule has 1 atom stereocenters. The van der Waals surface area contributed by atoms with Crippen LogP contribution in [-0.2, 0) is 0 Å². The number of anilines is 2. The second-order valence-corrected chi connectivity index (χ2v) is 5.81. The molecule has 5 heteroatoms. The summed E-state index contributed by atoms with van der Waals surface area (Å²) in [7, 11) is 0. The van der Waals surface area contributed by atoms with Gasteiger partial charge in [-0.05, 0) is 24.7 Å². The molecule has 4 nitrogen and oxygen atoms in total. The van der Waals surface area contributed by atoms with Gasteiger partial charge in [-0.15, -0.1) is 0 Å². The van der Waals surface area contributed by atoms with E-state index < -0.39 is 0 Å². The molecule has 0 radical (unpaired) electrons. The van der Waals surface area contributed by atoms with Gasteiger partial charge in [0, 0.05) is 17.6 Å². The van der Waals surface area contributed by atoms with Gasteiger partial charge in [0.25, 0.3) is 0 Å². The minimum Gasteiger partial charge on any atom is -0.367 e. The van der Waals surface area contributed by atoms with Crippen LogP contribution >= 0.6 is 11.5 Å². The number of aromatic nitrogens is 2. The van der Waals surface area contributed by atoms with E-state index in [4.69, 9.17) is 5.73 Å². The molecule has 0 amide bonds. The van der Waals surface area contributed by atoms with E-state index in [1.54, 1.807) is 0 Å². The first-order valence-electron chi connectivity index (χ1n) is 5.41. The lowest BCUT2D eigenvalue weighted by molar-refractivity contribution is 0.229. The Bertz CT molecular complexity index is 334. The van der Waals surface area contributed by atoms with Crippen molar-refractivity contribution in [3.63, 3.8) is 0 Å². The molecule has 0 aliphatic heterocycles. The lowest BCUT2D eigenvalue weighted by atomic mass is 9.75. The number of hydrogen-bond acceptors (Lipinski definition) is 5. The summed E-state index contributed by atoms with van der Waals surface area (Å²) in [5.74, 6) is 0.373. The lowest BCUT2D eigenvalue weighted by Gasteiger charge is -2.35. The predicted molar refractivity (Wildman–Crippen MR) is 64.0 cm³/mol. The molecule has 1 aliphatic rings. The molecule has 1 aromatic heterocycles. The molecule has 0 aromatic carbocycles. The van der Waals surface area contributed by atoms with Crippen molar-refractivity contribution in [2.75, 3.05) is 11.1 Å². The predicted octanol–water partition coefficient (Wildman–Crippen LogP) is 2.50. The van der Waals surface area contributed by atoms with Gasteiger partial charge in [0.1, 0.15) is 0 Å². The third kappa shape index (κ3) is 2.81. The average Bonchev–Trinajstić information content (AvgIpc) is 2.49. The van der Waals surface area contributed by atoms with Crippen LogP contribution in [0.5, 0.6) is 0 Å². The third-order valence-electron chi connectivity index (χ3n) is 2.97. The molecule has 15 heavy (non-hydrogen) atoms. The molecule has 3 N–H and O–H groups in total. The van der Waals surface area contributed by atoms with E-state index >= 15 is 0 Å². The Morgan fingerprint density at radius 3 is 2.93 bits per heavy atom. The van der Waals surface area contributed by atoms with Crippen molar-refractivity contribution in [1.82, 2.24) is 9.36 Å². The molecule has 1 fully saturated rings.